The summed E-state index contributed by atoms with van der Waals surface area (Å²) in [5.74, 6) is 2.50. The number of nitrogens with one attached hydrogen (secondary N) is 1. The number of rotatable bonds is 8. The van der Waals surface area contributed by atoms with Crippen molar-refractivity contribution in [2.24, 2.45) is 5.92 Å². The van der Waals surface area contributed by atoms with E-state index < -0.39 is 0 Å². The Morgan fingerprint density at radius 3 is 2.48 bits per heavy atom. The minimum absolute atomic E-state index is 0.0420. The van der Waals surface area contributed by atoms with Crippen molar-refractivity contribution < 1.29 is 9.53 Å². The average Bonchev–Trinajstić information content (AvgIpc) is 3.16. The van der Waals surface area contributed by atoms with Crippen LogP contribution in [-0.2, 0) is 4.79 Å². The van der Waals surface area contributed by atoms with Crippen LogP contribution in [0, 0.1) is 5.92 Å². The van der Waals surface area contributed by atoms with Gasteiger partial charge in [-0.2, -0.15) is 0 Å². The number of amides is 1. The number of ether oxygens (including phenoxy) is 1. The molecule has 1 fully saturated rings. The summed E-state index contributed by atoms with van der Waals surface area (Å²) in [4.78, 5) is 12.4. The van der Waals surface area contributed by atoms with Crippen molar-refractivity contribution in [3.63, 3.8) is 0 Å². The van der Waals surface area contributed by atoms with Crippen molar-refractivity contribution in [2.45, 2.75) is 70.1 Å². The van der Waals surface area contributed by atoms with Gasteiger partial charge in [0, 0.05) is 17.6 Å². The number of carbonyl (C=O) groups is 1. The Morgan fingerprint density at radius 1 is 1.17 bits per heavy atom. The van der Waals surface area contributed by atoms with E-state index in [4.69, 9.17) is 4.74 Å². The van der Waals surface area contributed by atoms with Crippen molar-refractivity contribution in [1.29, 1.82) is 0 Å². The average molecular weight is 417 g/mol. The van der Waals surface area contributed by atoms with E-state index >= 15 is 0 Å². The molecule has 0 bridgehead atoms. The van der Waals surface area contributed by atoms with Gasteiger partial charge in [0.25, 0.3) is 0 Å². The minimum atomic E-state index is 0.0420. The number of hydrogen-bond donors (Lipinski definition) is 1. The summed E-state index contributed by atoms with van der Waals surface area (Å²) in [5.41, 5.74) is 1.02. The van der Waals surface area contributed by atoms with Crippen LogP contribution in [0.5, 0.6) is 5.75 Å². The maximum atomic E-state index is 12.4. The summed E-state index contributed by atoms with van der Waals surface area (Å²) in [6.45, 7) is 6.26. The van der Waals surface area contributed by atoms with Gasteiger partial charge in [0.1, 0.15) is 5.75 Å². The summed E-state index contributed by atoms with van der Waals surface area (Å²) in [5, 5.41) is 12.9. The molecule has 3 rings (SSSR count). The molecule has 0 aliphatic heterocycles. The first-order valence-corrected chi connectivity index (χ1v) is 11.5. The Bertz CT molecular complexity index is 798. The van der Waals surface area contributed by atoms with Gasteiger partial charge in [0.15, 0.2) is 11.0 Å². The molecule has 0 unspecified atom stereocenters. The van der Waals surface area contributed by atoms with E-state index in [0.29, 0.717) is 17.7 Å². The van der Waals surface area contributed by atoms with Gasteiger partial charge in [0.05, 0.1) is 12.9 Å². The fraction of sp³-hybridized carbons (Fsp3) is 0.591. The van der Waals surface area contributed by atoms with Crippen LogP contribution in [0.4, 0.5) is 0 Å². The molecular weight excluding hydrogens is 384 g/mol. The fourth-order valence-corrected chi connectivity index (χ4v) is 4.39. The van der Waals surface area contributed by atoms with Crippen molar-refractivity contribution in [3.8, 4) is 17.1 Å². The molecule has 1 aromatic heterocycles. The molecule has 1 aliphatic carbocycles. The molecule has 29 heavy (non-hydrogen) atoms. The van der Waals surface area contributed by atoms with Crippen LogP contribution < -0.4 is 10.1 Å². The van der Waals surface area contributed by atoms with Crippen LogP contribution in [0.2, 0.25) is 0 Å². The molecule has 1 aromatic carbocycles. The molecule has 1 amide bonds. The molecule has 1 saturated carbocycles. The third kappa shape index (κ3) is 5.53. The van der Waals surface area contributed by atoms with Crippen molar-refractivity contribution in [3.05, 3.63) is 24.3 Å². The topological polar surface area (TPSA) is 69.0 Å². The normalized spacial score (nSPS) is 16.0. The Kier molecular flexibility index (Phi) is 7.58. The monoisotopic (exact) mass is 416 g/mol. The number of methoxy groups -OCH3 is 1. The second-order valence-corrected chi connectivity index (χ2v) is 9.03. The Hall–Kier alpha value is -2.02. The van der Waals surface area contributed by atoms with Crippen LogP contribution in [-0.4, -0.2) is 39.6 Å². The highest BCUT2D eigenvalue weighted by Gasteiger charge is 2.24. The van der Waals surface area contributed by atoms with Gasteiger partial charge in [-0.1, -0.05) is 44.9 Å². The van der Waals surface area contributed by atoms with Crippen LogP contribution >= 0.6 is 11.8 Å². The molecule has 0 radical (unpaired) electrons. The van der Waals surface area contributed by atoms with Gasteiger partial charge < -0.3 is 10.1 Å². The van der Waals surface area contributed by atoms with Gasteiger partial charge in [-0.25, -0.2) is 0 Å². The summed E-state index contributed by atoms with van der Waals surface area (Å²) in [6.07, 6.45) is 5.99. The predicted molar refractivity (Wildman–Crippen MR) is 117 cm³/mol. The Balaban J connectivity index is 1.81. The maximum absolute atomic E-state index is 12.4. The number of aromatic nitrogens is 3. The molecule has 1 heterocycles. The van der Waals surface area contributed by atoms with Crippen molar-refractivity contribution >= 4 is 17.7 Å². The Morgan fingerprint density at radius 2 is 1.86 bits per heavy atom. The second kappa shape index (κ2) is 10.1. The zero-order valence-electron chi connectivity index (χ0n) is 17.9. The first kappa shape index (κ1) is 21.7. The Labute approximate surface area is 177 Å². The van der Waals surface area contributed by atoms with Gasteiger partial charge in [-0.05, 0) is 49.9 Å². The van der Waals surface area contributed by atoms with Crippen molar-refractivity contribution in [1.82, 2.24) is 20.1 Å². The highest BCUT2D eigenvalue weighted by atomic mass is 32.2. The SMILES string of the molecule is COc1ccc(-c2nnc(SCC(=O)N[C@@H](C)C(C)C)n2C2CCCCC2)cc1. The van der Waals surface area contributed by atoms with Crippen LogP contribution in [0.25, 0.3) is 11.4 Å². The molecule has 0 spiro atoms. The van der Waals surface area contributed by atoms with E-state index in [0.717, 1.165) is 35.1 Å². The smallest absolute Gasteiger partial charge is 0.230 e. The van der Waals surface area contributed by atoms with Crippen LogP contribution in [0.3, 0.4) is 0 Å². The summed E-state index contributed by atoms with van der Waals surface area (Å²) in [6, 6.07) is 8.48. The lowest BCUT2D eigenvalue weighted by molar-refractivity contribution is -0.119. The predicted octanol–water partition coefficient (Wildman–Crippen LogP) is 4.71. The molecule has 6 nitrogen and oxygen atoms in total. The van der Waals surface area contributed by atoms with E-state index in [1.165, 1.54) is 31.0 Å². The molecule has 0 saturated heterocycles. The molecule has 1 N–H and O–H groups in total. The highest BCUT2D eigenvalue weighted by molar-refractivity contribution is 7.99. The minimum Gasteiger partial charge on any atom is -0.497 e. The van der Waals surface area contributed by atoms with E-state index in [-0.39, 0.29) is 11.9 Å². The number of thioether (sulfide) groups is 1. The highest BCUT2D eigenvalue weighted by Crippen LogP contribution is 2.35. The second-order valence-electron chi connectivity index (χ2n) is 8.09. The quantitative estimate of drug-likeness (QED) is 0.631. The zero-order chi connectivity index (χ0) is 20.8. The van der Waals surface area contributed by atoms with E-state index in [1.54, 1.807) is 7.11 Å². The fourth-order valence-electron chi connectivity index (χ4n) is 3.57. The van der Waals surface area contributed by atoms with Gasteiger partial charge >= 0.3 is 0 Å². The van der Waals surface area contributed by atoms with Gasteiger partial charge in [-0.3, -0.25) is 9.36 Å². The summed E-state index contributed by atoms with van der Waals surface area (Å²) < 4.78 is 7.53. The van der Waals surface area contributed by atoms with Crippen LogP contribution in [0.1, 0.15) is 58.9 Å². The zero-order valence-corrected chi connectivity index (χ0v) is 18.7. The van der Waals surface area contributed by atoms with E-state index in [9.17, 15) is 4.79 Å². The maximum Gasteiger partial charge on any atom is 0.230 e. The first-order chi connectivity index (χ1) is 14.0. The van der Waals surface area contributed by atoms with Gasteiger partial charge in [0.2, 0.25) is 5.91 Å². The number of carbonyl (C=O) groups excluding carboxylic acids is 1. The molecular formula is C22H32N4O2S. The first-order valence-electron chi connectivity index (χ1n) is 10.5. The number of benzene rings is 1. The number of nitrogens with zero attached hydrogens (tertiary/aromatic N) is 3. The lowest BCUT2D eigenvalue weighted by Gasteiger charge is -2.25. The van der Waals surface area contributed by atoms with Crippen LogP contribution in [0.15, 0.2) is 29.4 Å². The van der Waals surface area contributed by atoms with Gasteiger partial charge in [-0.15, -0.1) is 10.2 Å². The third-order valence-electron chi connectivity index (χ3n) is 5.67. The molecule has 2 aromatic rings. The van der Waals surface area contributed by atoms with E-state index in [2.05, 4.69) is 33.9 Å². The van der Waals surface area contributed by atoms with Crippen molar-refractivity contribution in [2.75, 3.05) is 12.9 Å². The largest absolute Gasteiger partial charge is 0.497 e. The molecule has 7 heteroatoms. The molecule has 158 valence electrons. The number of hydrogen-bond acceptors (Lipinski definition) is 5. The summed E-state index contributed by atoms with van der Waals surface area (Å²) >= 11 is 1.48. The molecule has 1 aliphatic rings. The standard InChI is InChI=1S/C22H32N4O2S/c1-15(2)16(3)23-20(27)14-29-22-25-24-21(17-10-12-19(28-4)13-11-17)26(22)18-8-6-5-7-9-18/h10-13,15-16,18H,5-9,14H2,1-4H3,(H,23,27)/t16-/m0/s1. The summed E-state index contributed by atoms with van der Waals surface area (Å²) in [7, 11) is 1.67. The third-order valence-corrected chi connectivity index (χ3v) is 6.62. The molecule has 1 atom stereocenters. The lowest BCUT2D eigenvalue weighted by Crippen LogP contribution is -2.37. The van der Waals surface area contributed by atoms with E-state index in [1.807, 2.05) is 31.2 Å². The lowest BCUT2D eigenvalue weighted by atomic mass is 9.95.